The highest BCUT2D eigenvalue weighted by Gasteiger charge is 2.21. The summed E-state index contributed by atoms with van der Waals surface area (Å²) < 4.78 is 0. The molecule has 0 radical (unpaired) electrons. The summed E-state index contributed by atoms with van der Waals surface area (Å²) in [5, 5.41) is 2.59. The summed E-state index contributed by atoms with van der Waals surface area (Å²) in [5.74, 6) is -0.421. The van der Waals surface area contributed by atoms with Gasteiger partial charge in [-0.2, -0.15) is 4.98 Å². The maximum absolute atomic E-state index is 12.4. The predicted molar refractivity (Wildman–Crippen MR) is 99.4 cm³/mol. The zero-order valence-electron chi connectivity index (χ0n) is 14.7. The summed E-state index contributed by atoms with van der Waals surface area (Å²) in [5.41, 5.74) is 2.16. The number of carbonyl (C=O) groups excluding carboxylic acids is 2. The molecule has 0 aliphatic rings. The molecule has 6 nitrogen and oxygen atoms in total. The van der Waals surface area contributed by atoms with Crippen molar-refractivity contribution in [3.05, 3.63) is 51.6 Å². The Morgan fingerprint density at radius 3 is 2.48 bits per heavy atom. The van der Waals surface area contributed by atoms with Crippen molar-refractivity contribution in [2.24, 2.45) is 0 Å². The van der Waals surface area contributed by atoms with Crippen LogP contribution in [0, 0.1) is 6.92 Å². The first-order valence-electron chi connectivity index (χ1n) is 8.00. The third-order valence-electron chi connectivity index (χ3n) is 3.73. The fourth-order valence-electron chi connectivity index (χ4n) is 2.35. The Kier molecular flexibility index (Phi) is 6.14. The lowest BCUT2D eigenvalue weighted by molar-refractivity contribution is -0.115. The first-order chi connectivity index (χ1) is 11.8. The van der Waals surface area contributed by atoms with Crippen LogP contribution in [0.15, 0.2) is 34.1 Å². The molecule has 0 aliphatic heterocycles. The van der Waals surface area contributed by atoms with Crippen LogP contribution in [-0.2, 0) is 11.2 Å². The number of H-pyrrole nitrogens is 1. The van der Waals surface area contributed by atoms with E-state index in [9.17, 15) is 14.4 Å². The number of carbonyl (C=O) groups is 2. The van der Waals surface area contributed by atoms with Gasteiger partial charge in [0, 0.05) is 11.4 Å². The van der Waals surface area contributed by atoms with Gasteiger partial charge in [-0.25, -0.2) is 4.79 Å². The second-order valence-electron chi connectivity index (χ2n) is 5.70. The lowest BCUT2D eigenvalue weighted by Gasteiger charge is -2.14. The van der Waals surface area contributed by atoms with E-state index in [0.29, 0.717) is 16.9 Å². The summed E-state index contributed by atoms with van der Waals surface area (Å²) in [6.45, 7) is 6.83. The van der Waals surface area contributed by atoms with Gasteiger partial charge >= 0.3 is 5.69 Å². The molecule has 0 saturated heterocycles. The number of nitrogens with zero attached hydrogens (tertiary/aromatic N) is 1. The van der Waals surface area contributed by atoms with E-state index in [2.05, 4.69) is 22.2 Å². The number of hydrogen-bond donors (Lipinski definition) is 2. The molecule has 1 heterocycles. The fraction of sp³-hybridized carbons (Fsp3) is 0.333. The minimum Gasteiger partial charge on any atom is -0.325 e. The van der Waals surface area contributed by atoms with Crippen molar-refractivity contribution in [3.8, 4) is 0 Å². The molecule has 1 amide bonds. The number of aromatic nitrogens is 2. The number of anilines is 1. The van der Waals surface area contributed by atoms with Gasteiger partial charge in [-0.3, -0.25) is 9.59 Å². The van der Waals surface area contributed by atoms with E-state index in [4.69, 9.17) is 0 Å². The Hall–Kier alpha value is -2.41. The maximum Gasteiger partial charge on any atom is 0.346 e. The molecular weight excluding hydrogens is 338 g/mol. The summed E-state index contributed by atoms with van der Waals surface area (Å²) in [7, 11) is 0. The smallest absolute Gasteiger partial charge is 0.325 e. The number of thioether (sulfide) groups is 1. The van der Waals surface area contributed by atoms with Crippen LogP contribution in [-0.4, -0.2) is 26.9 Å². The maximum atomic E-state index is 12.4. The first-order valence-corrected chi connectivity index (χ1v) is 8.88. The second-order valence-corrected chi connectivity index (χ2v) is 7.03. The Balaban J connectivity index is 2.15. The molecule has 25 heavy (non-hydrogen) atoms. The van der Waals surface area contributed by atoms with Gasteiger partial charge in [0.05, 0.1) is 10.8 Å². The number of rotatable bonds is 6. The van der Waals surface area contributed by atoms with E-state index in [1.54, 1.807) is 13.8 Å². The van der Waals surface area contributed by atoms with Gasteiger partial charge in [0.1, 0.15) is 5.03 Å². The molecule has 1 atom stereocenters. The van der Waals surface area contributed by atoms with Crippen LogP contribution in [0.2, 0.25) is 0 Å². The zero-order valence-corrected chi connectivity index (χ0v) is 15.5. The standard InChI is InChI=1S/C18H21N3O3S/c1-5-13-6-8-14(9-7-13)20-16(23)12(4)25-17-15(11(3)22)10(2)19-18(24)21-17/h6-9,12H,5H2,1-4H3,(H,20,23)(H,19,21,24)/t12-/m1/s1. The van der Waals surface area contributed by atoms with Crippen LogP contribution in [0.1, 0.15) is 42.4 Å². The van der Waals surface area contributed by atoms with Crippen molar-refractivity contribution in [2.75, 3.05) is 5.32 Å². The minimum absolute atomic E-state index is 0.202. The molecule has 0 saturated carbocycles. The highest BCUT2D eigenvalue weighted by Crippen LogP contribution is 2.26. The van der Waals surface area contributed by atoms with Crippen LogP contribution >= 0.6 is 11.8 Å². The van der Waals surface area contributed by atoms with E-state index in [0.717, 1.165) is 18.2 Å². The van der Waals surface area contributed by atoms with Crippen LogP contribution in [0.25, 0.3) is 0 Å². The molecule has 0 spiro atoms. The molecule has 0 aliphatic carbocycles. The third kappa shape index (κ3) is 4.79. The molecular formula is C18H21N3O3S. The first kappa shape index (κ1) is 18.9. The quantitative estimate of drug-likeness (QED) is 0.470. The van der Waals surface area contributed by atoms with Gasteiger partial charge < -0.3 is 10.3 Å². The highest BCUT2D eigenvalue weighted by atomic mass is 32.2. The summed E-state index contributed by atoms with van der Waals surface area (Å²) >= 11 is 1.10. The lowest BCUT2D eigenvalue weighted by atomic mass is 10.1. The Bertz CT molecular complexity index is 844. The Morgan fingerprint density at radius 1 is 1.28 bits per heavy atom. The van der Waals surface area contributed by atoms with Gasteiger partial charge in [-0.1, -0.05) is 30.8 Å². The van der Waals surface area contributed by atoms with Crippen molar-refractivity contribution in [3.63, 3.8) is 0 Å². The van der Waals surface area contributed by atoms with E-state index < -0.39 is 10.9 Å². The number of hydrogen-bond acceptors (Lipinski definition) is 5. The fourth-order valence-corrected chi connectivity index (χ4v) is 3.40. The molecule has 0 unspecified atom stereocenters. The normalized spacial score (nSPS) is 11.8. The molecule has 2 rings (SSSR count). The van der Waals surface area contributed by atoms with Crippen molar-refractivity contribution >= 4 is 29.1 Å². The number of amides is 1. The second kappa shape index (κ2) is 8.11. The van der Waals surface area contributed by atoms with Gasteiger partial charge in [0.15, 0.2) is 5.78 Å². The summed E-state index contributed by atoms with van der Waals surface area (Å²) in [4.78, 5) is 42.2. The van der Waals surface area contributed by atoms with Crippen molar-refractivity contribution < 1.29 is 9.59 Å². The summed E-state index contributed by atoms with van der Waals surface area (Å²) in [6.07, 6.45) is 0.932. The Labute approximate surface area is 150 Å². The number of benzene rings is 1. The SMILES string of the molecule is CCc1ccc(NC(=O)[C@@H](C)Sc2nc(=O)[nH]c(C)c2C(C)=O)cc1. The van der Waals surface area contributed by atoms with E-state index in [-0.39, 0.29) is 16.7 Å². The molecule has 132 valence electrons. The van der Waals surface area contributed by atoms with Crippen LogP contribution in [0.3, 0.4) is 0 Å². The number of Topliss-reactive ketones (excluding diaryl/α,β-unsaturated/α-hetero) is 1. The molecule has 7 heteroatoms. The van der Waals surface area contributed by atoms with E-state index in [1.165, 1.54) is 12.5 Å². The summed E-state index contributed by atoms with van der Waals surface area (Å²) in [6, 6.07) is 7.63. The molecule has 0 fully saturated rings. The molecule has 1 aromatic heterocycles. The molecule has 2 N–H and O–H groups in total. The highest BCUT2D eigenvalue weighted by molar-refractivity contribution is 8.00. The van der Waals surface area contributed by atoms with Gasteiger partial charge in [-0.15, -0.1) is 0 Å². The topological polar surface area (TPSA) is 91.9 Å². The average Bonchev–Trinajstić information content (AvgIpc) is 2.54. The van der Waals surface area contributed by atoms with E-state index in [1.807, 2.05) is 24.3 Å². The largest absolute Gasteiger partial charge is 0.346 e. The van der Waals surface area contributed by atoms with Gasteiger partial charge in [0.2, 0.25) is 5.91 Å². The average molecular weight is 359 g/mol. The van der Waals surface area contributed by atoms with E-state index >= 15 is 0 Å². The monoisotopic (exact) mass is 359 g/mol. The number of ketones is 1. The van der Waals surface area contributed by atoms with Gasteiger partial charge in [0.25, 0.3) is 0 Å². The minimum atomic E-state index is -0.534. The number of aromatic amines is 1. The van der Waals surface area contributed by atoms with Crippen molar-refractivity contribution in [2.45, 2.75) is 44.4 Å². The molecule has 2 aromatic rings. The number of aryl methyl sites for hydroxylation is 2. The van der Waals surface area contributed by atoms with Crippen LogP contribution < -0.4 is 11.0 Å². The molecule has 1 aromatic carbocycles. The zero-order chi connectivity index (χ0) is 18.6. The number of nitrogens with one attached hydrogen (secondary N) is 2. The third-order valence-corrected chi connectivity index (χ3v) is 4.81. The van der Waals surface area contributed by atoms with Crippen molar-refractivity contribution in [1.29, 1.82) is 0 Å². The lowest BCUT2D eigenvalue weighted by Crippen LogP contribution is -2.24. The van der Waals surface area contributed by atoms with Crippen molar-refractivity contribution in [1.82, 2.24) is 9.97 Å². The van der Waals surface area contributed by atoms with Gasteiger partial charge in [-0.05, 0) is 44.9 Å². The van der Waals surface area contributed by atoms with Crippen LogP contribution in [0.4, 0.5) is 5.69 Å². The van der Waals surface area contributed by atoms with Crippen LogP contribution in [0.5, 0.6) is 0 Å². The molecule has 0 bridgehead atoms. The Morgan fingerprint density at radius 2 is 1.92 bits per heavy atom. The predicted octanol–water partition coefficient (Wildman–Crippen LogP) is 2.96.